The number of carbonyl (C=O) groups is 2. The smallest absolute Gasteiger partial charge is 0.280 e. The number of amides is 2. The van der Waals surface area contributed by atoms with Crippen LogP contribution in [0.25, 0.3) is 0 Å². The lowest BCUT2D eigenvalue weighted by atomic mass is 10.2. The molecule has 0 aliphatic heterocycles. The Balaban J connectivity index is 1.76. The van der Waals surface area contributed by atoms with Gasteiger partial charge in [-0.3, -0.25) is 9.59 Å². The summed E-state index contributed by atoms with van der Waals surface area (Å²) in [7, 11) is 1.60. The van der Waals surface area contributed by atoms with E-state index in [1.807, 2.05) is 43.5 Å². The molecular formula is C17H21N3O3S. The van der Waals surface area contributed by atoms with Crippen molar-refractivity contribution < 1.29 is 14.3 Å². The molecule has 0 aliphatic carbocycles. The van der Waals surface area contributed by atoms with Gasteiger partial charge >= 0.3 is 0 Å². The maximum Gasteiger partial charge on any atom is 0.280 e. The summed E-state index contributed by atoms with van der Waals surface area (Å²) in [5.74, 6) is 0.462. The average molecular weight is 347 g/mol. The van der Waals surface area contributed by atoms with E-state index in [2.05, 4.69) is 15.6 Å². The highest BCUT2D eigenvalue weighted by Crippen LogP contribution is 2.17. The van der Waals surface area contributed by atoms with Crippen LogP contribution >= 0.6 is 11.3 Å². The fraction of sp³-hybridized carbons (Fsp3) is 0.353. The van der Waals surface area contributed by atoms with E-state index in [1.54, 1.807) is 7.11 Å². The third kappa shape index (κ3) is 5.06. The van der Waals surface area contributed by atoms with Crippen LogP contribution in [0.2, 0.25) is 0 Å². The Kier molecular flexibility index (Phi) is 6.31. The van der Waals surface area contributed by atoms with E-state index in [4.69, 9.17) is 4.74 Å². The summed E-state index contributed by atoms with van der Waals surface area (Å²) in [5.41, 5.74) is 1.84. The van der Waals surface area contributed by atoms with Crippen molar-refractivity contribution in [2.75, 3.05) is 13.7 Å². The molecule has 0 saturated carbocycles. The third-order valence-corrected chi connectivity index (χ3v) is 4.23. The first-order valence-electron chi connectivity index (χ1n) is 7.63. The first-order chi connectivity index (χ1) is 11.5. The van der Waals surface area contributed by atoms with Crippen LogP contribution in [-0.2, 0) is 11.3 Å². The fourth-order valence-electron chi connectivity index (χ4n) is 1.90. The van der Waals surface area contributed by atoms with Crippen molar-refractivity contribution in [2.24, 2.45) is 0 Å². The Morgan fingerprint density at radius 1 is 1.21 bits per heavy atom. The number of nitrogens with zero attached hydrogens (tertiary/aromatic N) is 1. The molecule has 6 nitrogen and oxygen atoms in total. The summed E-state index contributed by atoms with van der Waals surface area (Å²) < 4.78 is 5.08. The summed E-state index contributed by atoms with van der Waals surface area (Å²) in [6.07, 6.45) is 0. The first-order valence-corrected chi connectivity index (χ1v) is 8.50. The van der Waals surface area contributed by atoms with Gasteiger partial charge in [-0.2, -0.15) is 0 Å². The molecule has 0 fully saturated rings. The number of methoxy groups -OCH3 is 1. The molecule has 0 unspecified atom stereocenters. The zero-order chi connectivity index (χ0) is 17.5. The molecule has 0 aliphatic rings. The zero-order valence-electron chi connectivity index (χ0n) is 14.0. The lowest BCUT2D eigenvalue weighted by Crippen LogP contribution is -2.36. The van der Waals surface area contributed by atoms with Gasteiger partial charge in [-0.05, 0) is 23.6 Å². The van der Waals surface area contributed by atoms with Crippen molar-refractivity contribution in [3.8, 4) is 5.75 Å². The van der Waals surface area contributed by atoms with Crippen LogP contribution in [0.4, 0.5) is 0 Å². The zero-order valence-corrected chi connectivity index (χ0v) is 14.8. The van der Waals surface area contributed by atoms with E-state index < -0.39 is 0 Å². The molecule has 2 aromatic rings. The number of thiazole rings is 1. The molecule has 1 aromatic carbocycles. The van der Waals surface area contributed by atoms with E-state index >= 15 is 0 Å². The maximum atomic E-state index is 12.0. The van der Waals surface area contributed by atoms with Crippen LogP contribution in [0.5, 0.6) is 5.75 Å². The number of hydrogen-bond donors (Lipinski definition) is 2. The van der Waals surface area contributed by atoms with Gasteiger partial charge < -0.3 is 15.4 Å². The Morgan fingerprint density at radius 3 is 2.50 bits per heavy atom. The summed E-state index contributed by atoms with van der Waals surface area (Å²) in [4.78, 5) is 28.1. The number of hydrogen-bond acceptors (Lipinski definition) is 5. The lowest BCUT2D eigenvalue weighted by molar-refractivity contribution is -0.120. The predicted molar refractivity (Wildman–Crippen MR) is 93.4 cm³/mol. The molecule has 7 heteroatoms. The van der Waals surface area contributed by atoms with E-state index in [-0.39, 0.29) is 24.3 Å². The highest BCUT2D eigenvalue weighted by Gasteiger charge is 2.13. The topological polar surface area (TPSA) is 80.3 Å². The molecule has 0 saturated heterocycles. The van der Waals surface area contributed by atoms with Gasteiger partial charge in [0.2, 0.25) is 5.91 Å². The fourth-order valence-corrected chi connectivity index (χ4v) is 2.79. The second-order valence-electron chi connectivity index (χ2n) is 5.54. The number of carbonyl (C=O) groups excluding carboxylic acids is 2. The number of aromatic nitrogens is 1. The number of rotatable bonds is 7. The maximum absolute atomic E-state index is 12.0. The summed E-state index contributed by atoms with van der Waals surface area (Å²) in [5, 5.41) is 7.58. The van der Waals surface area contributed by atoms with Gasteiger partial charge in [0.25, 0.3) is 5.91 Å². The second kappa shape index (κ2) is 8.44. The highest BCUT2D eigenvalue weighted by atomic mass is 32.1. The highest BCUT2D eigenvalue weighted by molar-refractivity contribution is 7.11. The molecule has 24 heavy (non-hydrogen) atoms. The van der Waals surface area contributed by atoms with E-state index in [9.17, 15) is 9.59 Å². The number of ether oxygens (including phenoxy) is 1. The second-order valence-corrected chi connectivity index (χ2v) is 6.40. The normalized spacial score (nSPS) is 10.5. The SMILES string of the molecule is COc1ccc(CNC(=O)CNC(=O)c2nc(C(C)C)cs2)cc1. The molecule has 0 bridgehead atoms. The van der Waals surface area contributed by atoms with Crippen molar-refractivity contribution in [3.63, 3.8) is 0 Å². The molecule has 128 valence electrons. The summed E-state index contributed by atoms with van der Waals surface area (Å²) in [6, 6.07) is 7.41. The van der Waals surface area contributed by atoms with Crippen LogP contribution in [0.15, 0.2) is 29.6 Å². The van der Waals surface area contributed by atoms with Gasteiger partial charge in [0, 0.05) is 11.9 Å². The van der Waals surface area contributed by atoms with E-state index in [0.717, 1.165) is 17.0 Å². The van der Waals surface area contributed by atoms with E-state index in [0.29, 0.717) is 11.6 Å². The molecule has 0 atom stereocenters. The predicted octanol–water partition coefficient (Wildman–Crippen LogP) is 2.32. The lowest BCUT2D eigenvalue weighted by Gasteiger charge is -2.07. The quantitative estimate of drug-likeness (QED) is 0.805. The van der Waals surface area contributed by atoms with Crippen LogP contribution in [0.1, 0.15) is 40.8 Å². The standard InChI is InChI=1S/C17H21N3O3S/c1-11(2)14-10-24-17(20-14)16(22)19-9-15(21)18-8-12-4-6-13(23-3)7-5-12/h4-7,10-11H,8-9H2,1-3H3,(H,18,21)(H,19,22). The Hall–Kier alpha value is -2.41. The van der Waals surface area contributed by atoms with Gasteiger partial charge in [-0.25, -0.2) is 4.98 Å². The van der Waals surface area contributed by atoms with E-state index in [1.165, 1.54) is 11.3 Å². The van der Waals surface area contributed by atoms with Crippen molar-refractivity contribution >= 4 is 23.2 Å². The van der Waals surface area contributed by atoms with Crippen molar-refractivity contribution in [1.82, 2.24) is 15.6 Å². The number of nitrogens with one attached hydrogen (secondary N) is 2. The van der Waals surface area contributed by atoms with Gasteiger partial charge in [0.1, 0.15) is 5.75 Å². The Morgan fingerprint density at radius 2 is 1.92 bits per heavy atom. The minimum Gasteiger partial charge on any atom is -0.497 e. The monoisotopic (exact) mass is 347 g/mol. The molecule has 0 radical (unpaired) electrons. The molecule has 2 N–H and O–H groups in total. The van der Waals surface area contributed by atoms with Crippen molar-refractivity contribution in [1.29, 1.82) is 0 Å². The van der Waals surface area contributed by atoms with Gasteiger partial charge in [-0.1, -0.05) is 26.0 Å². The molecule has 0 spiro atoms. The minimum absolute atomic E-state index is 0.0778. The minimum atomic E-state index is -0.327. The first kappa shape index (κ1) is 17.9. The van der Waals surface area contributed by atoms with Crippen molar-refractivity contribution in [3.05, 3.63) is 45.9 Å². The molecule has 2 rings (SSSR count). The van der Waals surface area contributed by atoms with Crippen LogP contribution < -0.4 is 15.4 Å². The van der Waals surface area contributed by atoms with Gasteiger partial charge in [-0.15, -0.1) is 11.3 Å². The van der Waals surface area contributed by atoms with Crippen molar-refractivity contribution in [2.45, 2.75) is 26.3 Å². The third-order valence-electron chi connectivity index (χ3n) is 3.37. The molecular weight excluding hydrogens is 326 g/mol. The molecule has 1 aromatic heterocycles. The van der Waals surface area contributed by atoms with Crippen LogP contribution in [0.3, 0.4) is 0 Å². The van der Waals surface area contributed by atoms with Gasteiger partial charge in [0.05, 0.1) is 19.3 Å². The van der Waals surface area contributed by atoms with Gasteiger partial charge in [0.15, 0.2) is 5.01 Å². The van der Waals surface area contributed by atoms with Crippen LogP contribution in [0, 0.1) is 0 Å². The molecule has 1 heterocycles. The Labute approximate surface area is 145 Å². The Bertz CT molecular complexity index is 695. The number of benzene rings is 1. The molecule has 2 amide bonds. The van der Waals surface area contributed by atoms with Crippen LogP contribution in [-0.4, -0.2) is 30.5 Å². The average Bonchev–Trinajstić information content (AvgIpc) is 3.08. The largest absolute Gasteiger partial charge is 0.497 e. The summed E-state index contributed by atoms with van der Waals surface area (Å²) >= 11 is 1.28. The summed E-state index contributed by atoms with van der Waals surface area (Å²) in [6.45, 7) is 4.35.